The maximum atomic E-state index is 11.8. The molecule has 24 heavy (non-hydrogen) atoms. The van der Waals surface area contributed by atoms with E-state index in [1.165, 1.54) is 29.4 Å². The van der Waals surface area contributed by atoms with Crippen LogP contribution in [0.4, 0.5) is 5.13 Å². The topological polar surface area (TPSA) is 106 Å². The lowest BCUT2D eigenvalue weighted by Crippen LogP contribution is -2.32. The van der Waals surface area contributed by atoms with Crippen LogP contribution in [0, 0.1) is 0 Å². The standard InChI is InChI=1S/C14H16N4O4S2/c19-11(15-7-9-3-1-5-21-9)8-23-14-18-17-13(24-14)16-12(20)10-4-2-6-22-10/h2,4,6,9H,1,3,5,7-8H2,(H,15,19)(H,16,17,20)/t9-/m1/s1. The minimum absolute atomic E-state index is 0.0770. The summed E-state index contributed by atoms with van der Waals surface area (Å²) in [5.74, 6) is -0.0187. The zero-order valence-electron chi connectivity index (χ0n) is 12.7. The molecule has 3 heterocycles. The molecule has 2 amide bonds. The summed E-state index contributed by atoms with van der Waals surface area (Å²) >= 11 is 2.48. The van der Waals surface area contributed by atoms with Crippen molar-refractivity contribution in [2.45, 2.75) is 23.3 Å². The van der Waals surface area contributed by atoms with Gasteiger partial charge < -0.3 is 14.5 Å². The Hall–Kier alpha value is -1.91. The number of hydrogen-bond donors (Lipinski definition) is 2. The highest BCUT2D eigenvalue weighted by molar-refractivity contribution is 8.01. The van der Waals surface area contributed by atoms with Gasteiger partial charge in [0.05, 0.1) is 18.1 Å². The van der Waals surface area contributed by atoms with Gasteiger partial charge in [-0.15, -0.1) is 10.2 Å². The zero-order valence-corrected chi connectivity index (χ0v) is 14.3. The third-order valence-electron chi connectivity index (χ3n) is 3.25. The van der Waals surface area contributed by atoms with Gasteiger partial charge in [-0.05, 0) is 25.0 Å². The SMILES string of the molecule is O=C(CSc1nnc(NC(=O)c2ccco2)s1)NC[C@H]1CCCO1. The first-order valence-corrected chi connectivity index (χ1v) is 9.20. The van der Waals surface area contributed by atoms with Crippen molar-refractivity contribution < 1.29 is 18.7 Å². The molecule has 0 aromatic carbocycles. The number of anilines is 1. The van der Waals surface area contributed by atoms with Crippen molar-refractivity contribution in [2.24, 2.45) is 0 Å². The average Bonchev–Trinajstić information content (AvgIpc) is 3.32. The Kier molecular flexibility index (Phi) is 5.83. The Labute approximate surface area is 146 Å². The van der Waals surface area contributed by atoms with E-state index in [1.54, 1.807) is 12.1 Å². The van der Waals surface area contributed by atoms with Gasteiger partial charge in [0.25, 0.3) is 5.91 Å². The first-order valence-electron chi connectivity index (χ1n) is 7.40. The quantitative estimate of drug-likeness (QED) is 0.566. The van der Waals surface area contributed by atoms with Crippen molar-refractivity contribution in [2.75, 3.05) is 24.2 Å². The molecule has 10 heteroatoms. The summed E-state index contributed by atoms with van der Waals surface area (Å²) in [6.07, 6.45) is 3.59. The van der Waals surface area contributed by atoms with E-state index in [0.29, 0.717) is 16.0 Å². The number of carbonyl (C=O) groups excluding carboxylic acids is 2. The van der Waals surface area contributed by atoms with Gasteiger partial charge in [-0.2, -0.15) is 0 Å². The molecule has 1 saturated heterocycles. The molecule has 0 unspecified atom stereocenters. The number of aromatic nitrogens is 2. The molecular formula is C14H16N4O4S2. The van der Waals surface area contributed by atoms with Gasteiger partial charge in [0.2, 0.25) is 11.0 Å². The average molecular weight is 368 g/mol. The number of ether oxygens (including phenoxy) is 1. The highest BCUT2D eigenvalue weighted by Gasteiger charge is 2.17. The van der Waals surface area contributed by atoms with E-state index in [9.17, 15) is 9.59 Å². The third kappa shape index (κ3) is 4.79. The van der Waals surface area contributed by atoms with E-state index >= 15 is 0 Å². The van der Waals surface area contributed by atoms with Crippen LogP contribution in [-0.4, -0.2) is 47.0 Å². The minimum Gasteiger partial charge on any atom is -0.459 e. The molecule has 1 aliphatic rings. The molecule has 2 N–H and O–H groups in total. The van der Waals surface area contributed by atoms with Crippen LogP contribution in [0.25, 0.3) is 0 Å². The van der Waals surface area contributed by atoms with Crippen molar-refractivity contribution in [3.05, 3.63) is 24.2 Å². The molecule has 8 nitrogen and oxygen atoms in total. The molecule has 3 rings (SSSR count). The van der Waals surface area contributed by atoms with Crippen LogP contribution in [0.1, 0.15) is 23.4 Å². The smallest absolute Gasteiger partial charge is 0.293 e. The van der Waals surface area contributed by atoms with Crippen LogP contribution in [0.3, 0.4) is 0 Å². The maximum absolute atomic E-state index is 11.8. The predicted molar refractivity (Wildman–Crippen MR) is 89.3 cm³/mol. The van der Waals surface area contributed by atoms with Gasteiger partial charge in [0.15, 0.2) is 10.1 Å². The van der Waals surface area contributed by atoms with Crippen LogP contribution < -0.4 is 10.6 Å². The fourth-order valence-electron chi connectivity index (χ4n) is 2.10. The van der Waals surface area contributed by atoms with E-state index in [-0.39, 0.29) is 29.4 Å². The molecule has 0 radical (unpaired) electrons. The van der Waals surface area contributed by atoms with Crippen molar-refractivity contribution >= 4 is 40.0 Å². The largest absolute Gasteiger partial charge is 0.459 e. The van der Waals surface area contributed by atoms with E-state index < -0.39 is 0 Å². The third-order valence-corrected chi connectivity index (χ3v) is 5.22. The van der Waals surface area contributed by atoms with Crippen molar-refractivity contribution in [1.82, 2.24) is 15.5 Å². The van der Waals surface area contributed by atoms with Crippen LogP contribution in [0.15, 0.2) is 27.2 Å². The molecule has 0 spiro atoms. The van der Waals surface area contributed by atoms with Crippen molar-refractivity contribution in [1.29, 1.82) is 0 Å². The molecule has 0 bridgehead atoms. The van der Waals surface area contributed by atoms with E-state index in [0.717, 1.165) is 19.4 Å². The molecule has 0 aliphatic carbocycles. The zero-order chi connectivity index (χ0) is 16.8. The molecule has 1 aliphatic heterocycles. The van der Waals surface area contributed by atoms with Gasteiger partial charge in [0, 0.05) is 13.2 Å². The molecule has 1 fully saturated rings. The normalized spacial score (nSPS) is 16.9. The van der Waals surface area contributed by atoms with Crippen LogP contribution in [0.5, 0.6) is 0 Å². The molecule has 2 aromatic heterocycles. The molecule has 2 aromatic rings. The number of amides is 2. The van der Waals surface area contributed by atoms with E-state index in [4.69, 9.17) is 9.15 Å². The first-order chi connectivity index (χ1) is 11.7. The van der Waals surface area contributed by atoms with Crippen LogP contribution in [-0.2, 0) is 9.53 Å². The lowest BCUT2D eigenvalue weighted by atomic mass is 10.2. The minimum atomic E-state index is -0.387. The Morgan fingerprint density at radius 2 is 2.33 bits per heavy atom. The summed E-state index contributed by atoms with van der Waals surface area (Å²) in [4.78, 5) is 23.6. The second-order valence-corrected chi connectivity index (χ2v) is 7.23. The Balaban J connectivity index is 1.40. The number of hydrogen-bond acceptors (Lipinski definition) is 8. The summed E-state index contributed by atoms with van der Waals surface area (Å²) in [5, 5.41) is 13.6. The van der Waals surface area contributed by atoms with E-state index in [1.807, 2.05) is 0 Å². The second kappa shape index (κ2) is 8.27. The Bertz CT molecular complexity index is 683. The number of nitrogens with zero attached hydrogens (tertiary/aromatic N) is 2. The van der Waals surface area contributed by atoms with Crippen molar-refractivity contribution in [3.63, 3.8) is 0 Å². The van der Waals surface area contributed by atoms with Gasteiger partial charge in [-0.1, -0.05) is 23.1 Å². The fraction of sp³-hybridized carbons (Fsp3) is 0.429. The van der Waals surface area contributed by atoms with Crippen LogP contribution >= 0.6 is 23.1 Å². The fourth-order valence-corrected chi connectivity index (χ4v) is 3.67. The Morgan fingerprint density at radius 1 is 1.42 bits per heavy atom. The van der Waals surface area contributed by atoms with Crippen LogP contribution in [0.2, 0.25) is 0 Å². The predicted octanol–water partition coefficient (Wildman–Crippen LogP) is 1.77. The number of carbonyl (C=O) groups is 2. The van der Waals surface area contributed by atoms with E-state index in [2.05, 4.69) is 20.8 Å². The first kappa shape index (κ1) is 16.9. The van der Waals surface area contributed by atoms with Gasteiger partial charge in [-0.3, -0.25) is 14.9 Å². The summed E-state index contributed by atoms with van der Waals surface area (Å²) in [5.41, 5.74) is 0. The van der Waals surface area contributed by atoms with Crippen molar-refractivity contribution in [3.8, 4) is 0 Å². The highest BCUT2D eigenvalue weighted by Crippen LogP contribution is 2.25. The monoisotopic (exact) mass is 368 g/mol. The summed E-state index contributed by atoms with van der Waals surface area (Å²) in [6.45, 7) is 1.31. The Morgan fingerprint density at radius 3 is 3.08 bits per heavy atom. The molecular weight excluding hydrogens is 352 g/mol. The molecule has 0 saturated carbocycles. The lowest BCUT2D eigenvalue weighted by molar-refractivity contribution is -0.119. The summed E-state index contributed by atoms with van der Waals surface area (Å²) in [7, 11) is 0. The highest BCUT2D eigenvalue weighted by atomic mass is 32.2. The number of rotatable bonds is 7. The maximum Gasteiger partial charge on any atom is 0.293 e. The number of nitrogens with one attached hydrogen (secondary N) is 2. The van der Waals surface area contributed by atoms with Gasteiger partial charge >= 0.3 is 0 Å². The van der Waals surface area contributed by atoms with Gasteiger partial charge in [-0.25, -0.2) is 0 Å². The number of furan rings is 1. The lowest BCUT2D eigenvalue weighted by Gasteiger charge is -2.09. The molecule has 1 atom stereocenters. The number of thioether (sulfide) groups is 1. The molecule has 128 valence electrons. The second-order valence-electron chi connectivity index (χ2n) is 5.03. The van der Waals surface area contributed by atoms with Gasteiger partial charge in [0.1, 0.15) is 0 Å². The summed E-state index contributed by atoms with van der Waals surface area (Å²) in [6, 6.07) is 3.19. The summed E-state index contributed by atoms with van der Waals surface area (Å²) < 4.78 is 11.1.